The Labute approximate surface area is 372 Å². The van der Waals surface area contributed by atoms with Crippen LogP contribution in [0.1, 0.15) is 114 Å². The fraction of sp³-hybridized carbons (Fsp3) is 0.587. The van der Waals surface area contributed by atoms with Crippen molar-refractivity contribution in [2.75, 3.05) is 33.4 Å². The number of amides is 2. The fourth-order valence-corrected chi connectivity index (χ4v) is 11.1. The van der Waals surface area contributed by atoms with Gasteiger partial charge in [-0.15, -0.1) is 0 Å². The van der Waals surface area contributed by atoms with Gasteiger partial charge in [0.15, 0.2) is 30.4 Å². The Balaban J connectivity index is 0.975. The number of carbonyl (C=O) groups is 7. The minimum atomic E-state index is -2.34. The van der Waals surface area contributed by atoms with E-state index >= 15 is 0 Å². The number of aromatic hydroxyl groups is 2. The Morgan fingerprint density at radius 2 is 1.71 bits per heavy atom. The molecule has 5 fully saturated rings. The number of rotatable bonds is 11. The molecular weight excluding hydrogens is 853 g/mol. The lowest BCUT2D eigenvalue weighted by molar-refractivity contribution is -0.256. The summed E-state index contributed by atoms with van der Waals surface area (Å²) in [5, 5.41) is 45.6. The summed E-state index contributed by atoms with van der Waals surface area (Å²) in [5.74, 6) is -7.73. The van der Waals surface area contributed by atoms with Crippen LogP contribution in [0.3, 0.4) is 0 Å². The molecule has 4 aliphatic heterocycles. The molecule has 348 valence electrons. The molecule has 1 unspecified atom stereocenters. The first-order valence-electron chi connectivity index (χ1n) is 22.1. The first-order chi connectivity index (χ1) is 31.0. The van der Waals surface area contributed by atoms with Crippen molar-refractivity contribution < 1.29 is 82.4 Å². The van der Waals surface area contributed by atoms with Gasteiger partial charge in [-0.25, -0.2) is 0 Å². The molecular formula is C46H52N2O17. The summed E-state index contributed by atoms with van der Waals surface area (Å²) < 4.78 is 35.9. The second-order valence-electron chi connectivity index (χ2n) is 18.3. The maximum absolute atomic E-state index is 14.6. The zero-order chi connectivity index (χ0) is 46.2. The lowest BCUT2D eigenvalue weighted by Gasteiger charge is -2.43. The van der Waals surface area contributed by atoms with Gasteiger partial charge < -0.3 is 48.8 Å². The van der Waals surface area contributed by atoms with E-state index in [1.807, 2.05) is 0 Å². The molecule has 1 saturated carbocycles. The van der Waals surface area contributed by atoms with Gasteiger partial charge in [-0.1, -0.05) is 12.1 Å². The van der Waals surface area contributed by atoms with Crippen LogP contribution in [-0.4, -0.2) is 147 Å². The Hall–Kier alpha value is -4.99. The highest BCUT2D eigenvalue weighted by molar-refractivity contribution is 6.31. The van der Waals surface area contributed by atoms with Gasteiger partial charge in [-0.05, 0) is 51.5 Å². The number of benzene rings is 2. The number of methoxy groups -OCH3 is 1. The number of hydrogen-bond donors (Lipinski definition) is 4. The van der Waals surface area contributed by atoms with Crippen molar-refractivity contribution in [2.24, 2.45) is 17.8 Å². The Bertz CT molecular complexity index is 2360. The van der Waals surface area contributed by atoms with Crippen LogP contribution in [0.2, 0.25) is 0 Å². The van der Waals surface area contributed by atoms with E-state index in [2.05, 4.69) is 4.90 Å². The molecule has 19 heteroatoms. The number of aliphatic hydroxyl groups excluding tert-OH is 1. The average molecular weight is 905 g/mol. The fourth-order valence-electron chi connectivity index (χ4n) is 11.1. The SMILES string of the molecule is CO[C@H]1OCCN2[C@@H]1O[C@@H]1[C@H](C)O[C@@H](O[C@H]3C[C@](O)(C(=O)CO)Cc4c(O)c5c(c(O)c43)C(=O)c3c(OC(=O)CC4CC(=O)N(CC6CCC(C(C)=O)CC6)C4=O)cccc3C5=O)C[C@@H]12. The number of nitrogens with zero attached hydrogens (tertiary/aromatic N) is 2. The Morgan fingerprint density at radius 3 is 2.42 bits per heavy atom. The van der Waals surface area contributed by atoms with Crippen molar-refractivity contribution >= 4 is 40.9 Å². The highest BCUT2D eigenvalue weighted by Gasteiger charge is 2.55. The van der Waals surface area contributed by atoms with Crippen LogP contribution in [0.4, 0.5) is 0 Å². The average Bonchev–Trinajstić information content (AvgIpc) is 3.78. The molecule has 0 aromatic heterocycles. The van der Waals surface area contributed by atoms with Crippen LogP contribution >= 0.6 is 0 Å². The van der Waals surface area contributed by atoms with Gasteiger partial charge in [0, 0.05) is 74.5 Å². The number of esters is 1. The number of phenols is 2. The first-order valence-corrected chi connectivity index (χ1v) is 22.1. The van der Waals surface area contributed by atoms with Crippen LogP contribution in [0.15, 0.2) is 18.2 Å². The van der Waals surface area contributed by atoms with E-state index in [9.17, 15) is 54.0 Å². The Kier molecular flexibility index (Phi) is 12.1. The molecule has 19 nitrogen and oxygen atoms in total. The maximum Gasteiger partial charge on any atom is 0.312 e. The van der Waals surface area contributed by atoms with Crippen molar-refractivity contribution in [3.63, 3.8) is 0 Å². The minimum absolute atomic E-state index is 0.0258. The lowest BCUT2D eigenvalue weighted by Crippen LogP contribution is -2.55. The lowest BCUT2D eigenvalue weighted by atomic mass is 9.72. The maximum atomic E-state index is 14.6. The van der Waals surface area contributed by atoms with Gasteiger partial charge in [0.25, 0.3) is 0 Å². The molecule has 2 amide bonds. The highest BCUT2D eigenvalue weighted by atomic mass is 16.7. The quantitative estimate of drug-likeness (QED) is 0.0925. The van der Waals surface area contributed by atoms with E-state index in [1.165, 1.54) is 25.3 Å². The molecule has 4 saturated heterocycles. The molecule has 4 heterocycles. The third kappa shape index (κ3) is 7.78. The van der Waals surface area contributed by atoms with E-state index in [1.54, 1.807) is 13.8 Å². The predicted molar refractivity (Wildman–Crippen MR) is 218 cm³/mol. The number of carbonyl (C=O) groups excluding carboxylic acids is 7. The summed E-state index contributed by atoms with van der Waals surface area (Å²) in [5.41, 5.74) is -4.75. The second kappa shape index (κ2) is 17.3. The molecule has 2 aromatic carbocycles. The summed E-state index contributed by atoms with van der Waals surface area (Å²) in [6.07, 6.45) is -3.63. The number of aliphatic hydroxyl groups is 2. The van der Waals surface area contributed by atoms with Crippen molar-refractivity contribution in [3.05, 3.63) is 51.6 Å². The summed E-state index contributed by atoms with van der Waals surface area (Å²) in [6.45, 7) is 3.34. The molecule has 9 atom stereocenters. The van der Waals surface area contributed by atoms with Crippen LogP contribution in [0, 0.1) is 17.8 Å². The van der Waals surface area contributed by atoms with Gasteiger partial charge in [0.1, 0.15) is 41.3 Å². The number of fused-ring (bicyclic) bond motifs is 6. The van der Waals surface area contributed by atoms with Gasteiger partial charge in [0.2, 0.25) is 17.6 Å². The van der Waals surface area contributed by atoms with E-state index in [0.717, 1.165) is 4.90 Å². The zero-order valence-electron chi connectivity index (χ0n) is 36.2. The molecule has 3 aliphatic carbocycles. The number of ketones is 4. The van der Waals surface area contributed by atoms with Crippen LogP contribution in [0.25, 0.3) is 0 Å². The third-order valence-electron chi connectivity index (χ3n) is 14.5. The van der Waals surface area contributed by atoms with E-state index in [4.69, 9.17) is 28.4 Å². The summed E-state index contributed by atoms with van der Waals surface area (Å²) in [6, 6.07) is 3.60. The van der Waals surface area contributed by atoms with Crippen molar-refractivity contribution in [1.82, 2.24) is 9.80 Å². The standard InChI is InChI=1S/C46H52N2O17/c1-20(50)23-9-7-22(8-10-23)18-48-31(52)13-24(43(48)58)14-32(53)63-28-6-4-5-25-34(28)40(56)37-36(38(25)54)39(55)26-16-46(59,30(51)19-49)17-29(35(26)41(37)57)64-33-15-27-42(21(2)62-33)65-44-45(60-3)61-12-11-47(27)44/h4-6,21-24,27,29,33,42,44-45,49,55,57,59H,7-19H2,1-3H3/t21-,22?,23?,24?,27-,29-,33-,42+,44+,45-,46-/m0/s1. The molecule has 0 radical (unpaired) electrons. The van der Waals surface area contributed by atoms with Crippen LogP contribution < -0.4 is 4.74 Å². The number of likely N-dealkylation sites (tertiary alicyclic amines) is 1. The molecule has 2 aromatic rings. The normalized spacial score (nSPS) is 33.2. The van der Waals surface area contributed by atoms with Crippen molar-refractivity contribution in [1.29, 1.82) is 0 Å². The molecule has 0 spiro atoms. The number of phenolic OH excluding ortho intramolecular Hbond substituents is 2. The highest BCUT2D eigenvalue weighted by Crippen LogP contribution is 2.53. The molecule has 7 aliphatic rings. The first kappa shape index (κ1) is 45.2. The van der Waals surface area contributed by atoms with Crippen LogP contribution in [0.5, 0.6) is 17.2 Å². The summed E-state index contributed by atoms with van der Waals surface area (Å²) in [4.78, 5) is 96.9. The number of ether oxygens (including phenoxy) is 6. The summed E-state index contributed by atoms with van der Waals surface area (Å²) >= 11 is 0. The topological polar surface area (TPSA) is 262 Å². The number of imide groups is 1. The zero-order valence-corrected chi connectivity index (χ0v) is 36.2. The molecule has 9 rings (SSSR count). The van der Waals surface area contributed by atoms with Gasteiger partial charge in [-0.3, -0.25) is 43.4 Å². The smallest absolute Gasteiger partial charge is 0.312 e. The van der Waals surface area contributed by atoms with Gasteiger partial charge in [0.05, 0.1) is 47.8 Å². The monoisotopic (exact) mass is 904 g/mol. The van der Waals surface area contributed by atoms with Crippen molar-refractivity contribution in [2.45, 2.75) is 120 Å². The molecule has 0 bridgehead atoms. The predicted octanol–water partition coefficient (Wildman–Crippen LogP) is 1.77. The molecule has 65 heavy (non-hydrogen) atoms. The Morgan fingerprint density at radius 1 is 0.969 bits per heavy atom. The second-order valence-corrected chi connectivity index (χ2v) is 18.3. The van der Waals surface area contributed by atoms with E-state index in [0.29, 0.717) is 38.8 Å². The van der Waals surface area contributed by atoms with Crippen molar-refractivity contribution in [3.8, 4) is 17.2 Å². The van der Waals surface area contributed by atoms with E-state index in [-0.39, 0.29) is 65.5 Å². The van der Waals surface area contributed by atoms with Gasteiger partial charge >= 0.3 is 5.97 Å². The third-order valence-corrected chi connectivity index (χ3v) is 14.5. The minimum Gasteiger partial charge on any atom is -0.507 e. The van der Waals surface area contributed by atoms with E-state index < -0.39 is 138 Å². The number of morpholine rings is 1. The number of Topliss-reactive ketones (excluding diaryl/α,β-unsaturated/α-hetero) is 2. The van der Waals surface area contributed by atoms with Crippen LogP contribution in [-0.2, 0) is 54.1 Å². The number of hydrogen-bond acceptors (Lipinski definition) is 18. The summed E-state index contributed by atoms with van der Waals surface area (Å²) in [7, 11) is 1.51. The largest absolute Gasteiger partial charge is 0.507 e. The van der Waals surface area contributed by atoms with Gasteiger partial charge in [-0.2, -0.15) is 0 Å². The molecule has 4 N–H and O–H groups in total.